The fourth-order valence-electron chi connectivity index (χ4n) is 6.04. The third-order valence-corrected chi connectivity index (χ3v) is 8.05. The van der Waals surface area contributed by atoms with Gasteiger partial charge in [0.2, 0.25) is 5.91 Å². The van der Waals surface area contributed by atoms with Crippen molar-refractivity contribution < 1.29 is 18.3 Å². The molecule has 224 valence electrons. The van der Waals surface area contributed by atoms with Gasteiger partial charge in [0.25, 0.3) is 5.56 Å². The van der Waals surface area contributed by atoms with Crippen molar-refractivity contribution in [2.75, 3.05) is 30.4 Å². The molecule has 12 heteroatoms. The van der Waals surface area contributed by atoms with E-state index in [-0.39, 0.29) is 52.1 Å². The fourth-order valence-corrected chi connectivity index (χ4v) is 6.04. The molecule has 0 saturated carbocycles. The van der Waals surface area contributed by atoms with Gasteiger partial charge in [0.05, 0.1) is 35.4 Å². The molecule has 1 amide bonds. The Kier molecular flexibility index (Phi) is 7.11. The number of amides is 1. The second-order valence-corrected chi connectivity index (χ2v) is 11.6. The predicted molar refractivity (Wildman–Crippen MR) is 160 cm³/mol. The Bertz CT molecular complexity index is 1810. The molecule has 10 nitrogen and oxygen atoms in total. The second kappa shape index (κ2) is 10.7. The van der Waals surface area contributed by atoms with E-state index >= 15 is 8.78 Å². The molecule has 43 heavy (non-hydrogen) atoms. The summed E-state index contributed by atoms with van der Waals surface area (Å²) in [5.74, 6) is -2.05. The summed E-state index contributed by atoms with van der Waals surface area (Å²) >= 11 is 0. The first-order valence-corrected chi connectivity index (χ1v) is 14.3. The minimum Gasteiger partial charge on any atom is -0.496 e. The molecule has 1 saturated heterocycles. The third kappa shape index (κ3) is 4.51. The molecular formula is C31H33F2N7O3. The van der Waals surface area contributed by atoms with Crippen molar-refractivity contribution in [1.29, 1.82) is 0 Å². The molecule has 1 aromatic carbocycles. The summed E-state index contributed by atoms with van der Waals surface area (Å²) in [6.45, 7) is 10.5. The number of fused-ring (bicyclic) bond motifs is 5. The lowest BCUT2D eigenvalue weighted by Crippen LogP contribution is -2.62. The van der Waals surface area contributed by atoms with Crippen LogP contribution in [0.3, 0.4) is 0 Å². The van der Waals surface area contributed by atoms with Crippen LogP contribution in [0.15, 0.2) is 35.4 Å². The zero-order valence-electron chi connectivity index (χ0n) is 24.8. The Morgan fingerprint density at radius 1 is 1.02 bits per heavy atom. The van der Waals surface area contributed by atoms with Crippen LogP contribution in [0.5, 0.6) is 5.75 Å². The number of anilines is 2. The summed E-state index contributed by atoms with van der Waals surface area (Å²) in [6, 6.07) is 4.81. The van der Waals surface area contributed by atoms with E-state index in [0.29, 0.717) is 41.2 Å². The standard InChI is InChI=1S/C31H33F2N7O3/c1-14(2)23-28(24(15(3)4)36-13-35-23)40-29-17(10-19(33)25(37-29)22-18(32)8-7-9-21(22)43-6)27-26(31(40)42)38-30(41)20-11-34-16(5)12-39(20)27/h7-10,13-16,20,34H,11-12H2,1-6H3,(H,38,41)/t16-,20-/m1/s1. The SMILES string of the molecule is COc1cccc(F)c1-c1nc2c(cc1F)c1c(c(=O)n2-c2c(C(C)C)ncnc2C(C)C)NC(=O)[C@H]2CN[C@H](C)CN12. The average Bonchev–Trinajstić information content (AvgIpc) is 2.97. The van der Waals surface area contributed by atoms with Gasteiger partial charge in [0.15, 0.2) is 11.5 Å². The first-order valence-electron chi connectivity index (χ1n) is 14.3. The molecule has 0 aliphatic carbocycles. The Hall–Kier alpha value is -4.45. The van der Waals surface area contributed by atoms with Crippen molar-refractivity contribution in [2.24, 2.45) is 0 Å². The number of piperazine rings is 1. The maximum atomic E-state index is 16.2. The van der Waals surface area contributed by atoms with Gasteiger partial charge in [-0.2, -0.15) is 0 Å². The summed E-state index contributed by atoms with van der Waals surface area (Å²) in [6.07, 6.45) is 1.46. The van der Waals surface area contributed by atoms with Gasteiger partial charge in [-0.05, 0) is 37.0 Å². The Labute approximate surface area is 247 Å². The van der Waals surface area contributed by atoms with Crippen LogP contribution in [0.4, 0.5) is 20.2 Å². The smallest absolute Gasteiger partial charge is 0.282 e. The summed E-state index contributed by atoms with van der Waals surface area (Å²) in [4.78, 5) is 43.5. The van der Waals surface area contributed by atoms with Gasteiger partial charge in [-0.1, -0.05) is 33.8 Å². The lowest BCUT2D eigenvalue weighted by Gasteiger charge is -2.44. The highest BCUT2D eigenvalue weighted by Gasteiger charge is 2.41. The highest BCUT2D eigenvalue weighted by atomic mass is 19.1. The minimum absolute atomic E-state index is 0.00477. The number of halogens is 2. The maximum absolute atomic E-state index is 16.2. The molecule has 2 N–H and O–H groups in total. The van der Waals surface area contributed by atoms with Gasteiger partial charge in [0, 0.05) is 24.5 Å². The summed E-state index contributed by atoms with van der Waals surface area (Å²) in [5.41, 5.74) is 1.00. The average molecular weight is 590 g/mol. The van der Waals surface area contributed by atoms with Crippen molar-refractivity contribution >= 4 is 28.3 Å². The van der Waals surface area contributed by atoms with Crippen LogP contribution in [0, 0.1) is 11.6 Å². The number of nitrogens with zero attached hydrogens (tertiary/aromatic N) is 5. The van der Waals surface area contributed by atoms with Gasteiger partial charge < -0.3 is 20.3 Å². The van der Waals surface area contributed by atoms with E-state index < -0.39 is 23.2 Å². The largest absolute Gasteiger partial charge is 0.496 e. The zero-order chi connectivity index (χ0) is 30.7. The van der Waals surface area contributed by atoms with Crippen LogP contribution >= 0.6 is 0 Å². The van der Waals surface area contributed by atoms with Crippen molar-refractivity contribution in [1.82, 2.24) is 24.8 Å². The predicted octanol–water partition coefficient (Wildman–Crippen LogP) is 4.50. The van der Waals surface area contributed by atoms with Crippen molar-refractivity contribution in [2.45, 2.75) is 58.5 Å². The molecule has 3 aromatic heterocycles. The normalized spacial score (nSPS) is 18.2. The van der Waals surface area contributed by atoms with E-state index in [1.165, 1.54) is 42.3 Å². The number of hydrogen-bond acceptors (Lipinski definition) is 8. The zero-order valence-corrected chi connectivity index (χ0v) is 24.8. The Balaban J connectivity index is 1.81. The molecule has 2 aliphatic heterocycles. The lowest BCUT2D eigenvalue weighted by atomic mass is 9.99. The van der Waals surface area contributed by atoms with Gasteiger partial charge in [-0.3, -0.25) is 14.2 Å². The molecule has 0 unspecified atom stereocenters. The molecule has 0 bridgehead atoms. The molecule has 6 rings (SSSR count). The molecule has 0 radical (unpaired) electrons. The number of rotatable bonds is 5. The van der Waals surface area contributed by atoms with Crippen LogP contribution < -0.4 is 25.8 Å². The van der Waals surface area contributed by atoms with Gasteiger partial charge in [0.1, 0.15) is 35.3 Å². The van der Waals surface area contributed by atoms with Gasteiger partial charge in [-0.25, -0.2) is 23.7 Å². The van der Waals surface area contributed by atoms with Gasteiger partial charge in [-0.15, -0.1) is 0 Å². The fraction of sp³-hybridized carbons (Fsp3) is 0.387. The maximum Gasteiger partial charge on any atom is 0.282 e. The molecule has 2 aliphatic rings. The number of carbonyl (C=O) groups excluding carboxylic acids is 1. The van der Waals surface area contributed by atoms with Crippen molar-refractivity contribution in [3.8, 4) is 22.7 Å². The molecule has 4 aromatic rings. The van der Waals surface area contributed by atoms with Gasteiger partial charge >= 0.3 is 0 Å². The summed E-state index contributed by atoms with van der Waals surface area (Å²) in [5, 5.41) is 6.40. The van der Waals surface area contributed by atoms with Crippen LogP contribution in [0.25, 0.3) is 28.0 Å². The first-order chi connectivity index (χ1) is 20.5. The second-order valence-electron chi connectivity index (χ2n) is 11.6. The lowest BCUT2D eigenvalue weighted by molar-refractivity contribution is -0.117. The van der Waals surface area contributed by atoms with Crippen LogP contribution in [-0.4, -0.2) is 57.7 Å². The van der Waals surface area contributed by atoms with E-state index in [4.69, 9.17) is 9.72 Å². The van der Waals surface area contributed by atoms with E-state index in [9.17, 15) is 9.59 Å². The number of nitrogens with one attached hydrogen (secondary N) is 2. The number of methoxy groups -OCH3 is 1. The molecule has 1 fully saturated rings. The number of benzene rings is 1. The highest BCUT2D eigenvalue weighted by molar-refractivity contribution is 6.10. The number of pyridine rings is 2. The van der Waals surface area contributed by atoms with Crippen LogP contribution in [0.2, 0.25) is 0 Å². The first kappa shape index (κ1) is 28.7. The summed E-state index contributed by atoms with van der Waals surface area (Å²) in [7, 11) is 1.36. The number of ether oxygens (including phenoxy) is 1. The van der Waals surface area contributed by atoms with E-state index in [2.05, 4.69) is 20.6 Å². The Morgan fingerprint density at radius 2 is 1.72 bits per heavy atom. The number of aromatic nitrogens is 4. The topological polar surface area (TPSA) is 114 Å². The Morgan fingerprint density at radius 3 is 2.37 bits per heavy atom. The molecular weight excluding hydrogens is 556 g/mol. The monoisotopic (exact) mass is 589 g/mol. The van der Waals surface area contributed by atoms with Crippen molar-refractivity contribution in [3.05, 3.63) is 64.0 Å². The van der Waals surface area contributed by atoms with E-state index in [0.717, 1.165) is 0 Å². The minimum atomic E-state index is -0.808. The van der Waals surface area contributed by atoms with Crippen LogP contribution in [0.1, 0.15) is 57.8 Å². The third-order valence-electron chi connectivity index (χ3n) is 8.05. The highest BCUT2D eigenvalue weighted by Crippen LogP contribution is 2.42. The molecule has 5 heterocycles. The van der Waals surface area contributed by atoms with Crippen molar-refractivity contribution in [3.63, 3.8) is 0 Å². The van der Waals surface area contributed by atoms with E-state index in [1.54, 1.807) is 0 Å². The quantitative estimate of drug-likeness (QED) is 0.350. The number of carbonyl (C=O) groups is 1. The van der Waals surface area contributed by atoms with Crippen LogP contribution in [-0.2, 0) is 4.79 Å². The summed E-state index contributed by atoms with van der Waals surface area (Å²) < 4.78 is 38.2. The van der Waals surface area contributed by atoms with E-state index in [1.807, 2.05) is 39.5 Å². The molecule has 0 spiro atoms. The number of hydrogen-bond donors (Lipinski definition) is 2. The molecule has 2 atom stereocenters.